The minimum Gasteiger partial charge on any atom is -0.484 e. The van der Waals surface area contributed by atoms with Crippen LogP contribution in [0.5, 0.6) is 5.75 Å². The normalized spacial score (nSPS) is 34.3. The van der Waals surface area contributed by atoms with Gasteiger partial charge in [-0.3, -0.25) is 14.9 Å². The molecule has 4 saturated carbocycles. The van der Waals surface area contributed by atoms with Gasteiger partial charge in [0, 0.05) is 29.4 Å². The molecular weight excluding hydrogens is 445 g/mol. The third kappa shape index (κ3) is 4.27. The fraction of sp³-hybridized carbons (Fsp3) is 0.619. The summed E-state index contributed by atoms with van der Waals surface area (Å²) in [4.78, 5) is 25.1. The number of hydrogen-bond donors (Lipinski definition) is 3. The number of hydrogen-bond acceptors (Lipinski definition) is 5. The quantitative estimate of drug-likeness (QED) is 0.571. The van der Waals surface area contributed by atoms with Crippen molar-refractivity contribution in [1.82, 2.24) is 16.0 Å². The molecule has 0 radical (unpaired) electrons. The number of carbonyl (C=O) groups excluding carboxylic acids is 2. The summed E-state index contributed by atoms with van der Waals surface area (Å²) in [6.07, 6.45) is 5.17. The molecule has 2 amide bonds. The minimum absolute atomic E-state index is 0.0768. The molecule has 1 saturated heterocycles. The number of carbonyl (C=O) groups is 2. The zero-order chi connectivity index (χ0) is 20.9. The van der Waals surface area contributed by atoms with E-state index in [1.807, 2.05) is 0 Å². The Balaban J connectivity index is 1.08. The van der Waals surface area contributed by atoms with Crippen LogP contribution in [0.25, 0.3) is 0 Å². The van der Waals surface area contributed by atoms with Gasteiger partial charge in [0.2, 0.25) is 5.91 Å². The van der Waals surface area contributed by atoms with Crippen molar-refractivity contribution >= 4 is 46.8 Å². The summed E-state index contributed by atoms with van der Waals surface area (Å²) < 4.78 is 5.53. The summed E-state index contributed by atoms with van der Waals surface area (Å²) >= 11 is 13.6. The maximum absolute atomic E-state index is 12.7. The van der Waals surface area contributed by atoms with Gasteiger partial charge in [-0.05, 0) is 56.1 Å². The van der Waals surface area contributed by atoms with Gasteiger partial charge in [0.1, 0.15) is 11.1 Å². The molecule has 6 rings (SSSR count). The fourth-order valence-electron chi connectivity index (χ4n) is 5.02. The molecule has 1 aromatic carbocycles. The Hall–Kier alpha value is -1.15. The first-order chi connectivity index (χ1) is 14.4. The molecule has 3 atom stereocenters. The zero-order valence-corrected chi connectivity index (χ0v) is 18.8. The lowest BCUT2D eigenvalue weighted by molar-refractivity contribution is -0.126. The Morgan fingerprint density at radius 3 is 2.70 bits per heavy atom. The number of amides is 2. The van der Waals surface area contributed by atoms with Gasteiger partial charge in [0.15, 0.2) is 6.61 Å². The largest absolute Gasteiger partial charge is 0.484 e. The standard InChI is InChI=1S/C21H25Cl2N3O3S/c22-14-4-3-13(5-15(14)23)29-9-18(27)26-21-6-12(7-21)16(8-21)24-19(28)20-25-17(10-30-20)11-1-2-11/h3-5,11-12,16-17,20,25H,1-2,6-10H2,(H,24,28)(H,26,27)/t12?,16-,17?,20?,21?/m0/s1. The van der Waals surface area contributed by atoms with Crippen LogP contribution in [0, 0.1) is 11.8 Å². The number of nitrogens with one attached hydrogen (secondary N) is 3. The smallest absolute Gasteiger partial charge is 0.258 e. The van der Waals surface area contributed by atoms with Crippen LogP contribution in [-0.4, -0.2) is 47.2 Å². The van der Waals surface area contributed by atoms with E-state index in [0.29, 0.717) is 27.8 Å². The summed E-state index contributed by atoms with van der Waals surface area (Å²) in [6.45, 7) is -0.0768. The molecule has 0 spiro atoms. The van der Waals surface area contributed by atoms with E-state index >= 15 is 0 Å². The monoisotopic (exact) mass is 469 g/mol. The highest BCUT2D eigenvalue weighted by molar-refractivity contribution is 8.00. The number of benzene rings is 1. The molecule has 6 nitrogen and oxygen atoms in total. The van der Waals surface area contributed by atoms with Crippen molar-refractivity contribution in [3.63, 3.8) is 0 Å². The van der Waals surface area contributed by atoms with E-state index in [1.165, 1.54) is 12.8 Å². The van der Waals surface area contributed by atoms with Crippen molar-refractivity contribution in [3.8, 4) is 5.75 Å². The van der Waals surface area contributed by atoms with Gasteiger partial charge in [-0.25, -0.2) is 0 Å². The first-order valence-corrected chi connectivity index (χ1v) is 12.3. The summed E-state index contributed by atoms with van der Waals surface area (Å²) in [6, 6.07) is 5.54. The van der Waals surface area contributed by atoms with Gasteiger partial charge in [0.05, 0.1) is 10.0 Å². The molecule has 4 aliphatic carbocycles. The highest BCUT2D eigenvalue weighted by Gasteiger charge is 2.57. The molecule has 5 fully saturated rings. The highest BCUT2D eigenvalue weighted by atomic mass is 35.5. The first kappa shape index (κ1) is 20.7. The van der Waals surface area contributed by atoms with E-state index in [1.54, 1.807) is 30.0 Å². The Bertz CT molecular complexity index is 860. The van der Waals surface area contributed by atoms with Crippen LogP contribution in [0.3, 0.4) is 0 Å². The lowest BCUT2D eigenvalue weighted by Crippen LogP contribution is -2.53. The summed E-state index contributed by atoms with van der Waals surface area (Å²) in [5.74, 6) is 2.66. The minimum atomic E-state index is -0.215. The molecule has 2 bridgehead atoms. The van der Waals surface area contributed by atoms with E-state index in [4.69, 9.17) is 27.9 Å². The van der Waals surface area contributed by atoms with Crippen molar-refractivity contribution in [2.75, 3.05) is 12.4 Å². The van der Waals surface area contributed by atoms with E-state index < -0.39 is 0 Å². The van der Waals surface area contributed by atoms with Crippen molar-refractivity contribution in [2.45, 2.75) is 55.1 Å². The first-order valence-electron chi connectivity index (χ1n) is 10.5. The molecule has 1 aromatic rings. The summed E-state index contributed by atoms with van der Waals surface area (Å²) in [7, 11) is 0. The van der Waals surface area contributed by atoms with Gasteiger partial charge in [-0.2, -0.15) is 0 Å². The lowest BCUT2D eigenvalue weighted by atomic mass is 9.76. The predicted octanol–water partition coefficient (Wildman–Crippen LogP) is 2.97. The van der Waals surface area contributed by atoms with Gasteiger partial charge in [-0.1, -0.05) is 23.2 Å². The fourth-order valence-corrected chi connectivity index (χ4v) is 6.57. The number of halogens is 2. The van der Waals surface area contributed by atoms with E-state index in [2.05, 4.69) is 16.0 Å². The predicted molar refractivity (Wildman–Crippen MR) is 118 cm³/mol. The van der Waals surface area contributed by atoms with Gasteiger partial charge < -0.3 is 15.4 Å². The average molecular weight is 470 g/mol. The second kappa shape index (κ2) is 8.08. The Morgan fingerprint density at radius 1 is 1.17 bits per heavy atom. The van der Waals surface area contributed by atoms with Crippen LogP contribution in [0.15, 0.2) is 18.2 Å². The molecule has 5 aliphatic rings. The van der Waals surface area contributed by atoms with Crippen molar-refractivity contribution < 1.29 is 14.3 Å². The van der Waals surface area contributed by atoms with Crippen LogP contribution in [0.4, 0.5) is 0 Å². The van der Waals surface area contributed by atoms with Crippen molar-refractivity contribution in [1.29, 1.82) is 0 Å². The SMILES string of the molecule is O=C(COc1ccc(Cl)c(Cl)c1)NC12CC(C1)[C@@H](NC(=O)C1NC(C3CC3)CS1)C2. The molecule has 1 aliphatic heterocycles. The Morgan fingerprint density at radius 2 is 1.97 bits per heavy atom. The second-order valence-corrected chi connectivity index (χ2v) is 11.0. The maximum Gasteiger partial charge on any atom is 0.258 e. The molecule has 9 heteroatoms. The summed E-state index contributed by atoms with van der Waals surface area (Å²) in [5, 5.41) is 10.5. The molecule has 3 N–H and O–H groups in total. The average Bonchev–Trinajstić information content (AvgIpc) is 3.18. The molecule has 1 heterocycles. The van der Waals surface area contributed by atoms with E-state index in [-0.39, 0.29) is 35.4 Å². The Labute approximate surface area is 190 Å². The zero-order valence-electron chi connectivity index (χ0n) is 16.5. The number of thioether (sulfide) groups is 1. The number of ether oxygens (including phenoxy) is 1. The Kier molecular flexibility index (Phi) is 5.58. The van der Waals surface area contributed by atoms with Crippen LogP contribution in [0.2, 0.25) is 10.0 Å². The van der Waals surface area contributed by atoms with E-state index in [9.17, 15) is 9.59 Å². The molecule has 2 unspecified atom stereocenters. The molecule has 0 aromatic heterocycles. The van der Waals surface area contributed by atoms with Crippen molar-refractivity contribution in [3.05, 3.63) is 28.2 Å². The van der Waals surface area contributed by atoms with Crippen molar-refractivity contribution in [2.24, 2.45) is 11.8 Å². The van der Waals surface area contributed by atoms with Crippen LogP contribution < -0.4 is 20.7 Å². The number of rotatable bonds is 7. The van der Waals surface area contributed by atoms with Gasteiger partial charge >= 0.3 is 0 Å². The lowest BCUT2D eigenvalue weighted by Gasteiger charge is -2.39. The highest BCUT2D eigenvalue weighted by Crippen LogP contribution is 2.52. The van der Waals surface area contributed by atoms with Gasteiger partial charge in [-0.15, -0.1) is 11.8 Å². The molecule has 30 heavy (non-hydrogen) atoms. The van der Waals surface area contributed by atoms with E-state index in [0.717, 1.165) is 30.9 Å². The van der Waals surface area contributed by atoms with Crippen LogP contribution in [0.1, 0.15) is 32.1 Å². The molecular formula is C21H25Cl2N3O3S. The van der Waals surface area contributed by atoms with Crippen LogP contribution >= 0.6 is 35.0 Å². The third-order valence-corrected chi connectivity index (χ3v) is 8.69. The molecule has 162 valence electrons. The summed E-state index contributed by atoms with van der Waals surface area (Å²) in [5.41, 5.74) is -0.215. The van der Waals surface area contributed by atoms with Crippen LogP contribution in [-0.2, 0) is 9.59 Å². The third-order valence-electron chi connectivity index (χ3n) is 6.72. The second-order valence-electron chi connectivity index (χ2n) is 9.00. The topological polar surface area (TPSA) is 79.5 Å². The number of fused-ring (bicyclic) bond motifs is 1. The van der Waals surface area contributed by atoms with Gasteiger partial charge in [0.25, 0.3) is 5.91 Å². The maximum atomic E-state index is 12.7.